The summed E-state index contributed by atoms with van der Waals surface area (Å²) >= 11 is 0. The lowest BCUT2D eigenvalue weighted by Crippen LogP contribution is -2.39. The van der Waals surface area contributed by atoms with Gasteiger partial charge in [0.25, 0.3) is 0 Å². The molecule has 0 heterocycles. The van der Waals surface area contributed by atoms with Gasteiger partial charge in [0.2, 0.25) is 0 Å². The molecular formula is C16H26F2IN3O3S. The van der Waals surface area contributed by atoms with Gasteiger partial charge in [-0.05, 0) is 31.5 Å². The number of rotatable bonds is 9. The molecule has 0 bridgehead atoms. The van der Waals surface area contributed by atoms with Crippen LogP contribution in [0.2, 0.25) is 0 Å². The van der Waals surface area contributed by atoms with Crippen molar-refractivity contribution in [1.29, 1.82) is 0 Å². The Bertz CT molecular complexity index is 687. The van der Waals surface area contributed by atoms with Crippen LogP contribution in [-0.2, 0) is 14.6 Å². The predicted octanol–water partition coefficient (Wildman–Crippen LogP) is 2.26. The first-order valence-electron chi connectivity index (χ1n) is 7.98. The number of nitrogens with one attached hydrogen (secondary N) is 2. The zero-order valence-electron chi connectivity index (χ0n) is 15.1. The van der Waals surface area contributed by atoms with Gasteiger partial charge in [-0.15, -0.1) is 24.0 Å². The molecule has 0 saturated heterocycles. The van der Waals surface area contributed by atoms with Crippen LogP contribution in [0.15, 0.2) is 23.2 Å². The topological polar surface area (TPSA) is 79.8 Å². The molecule has 1 unspecified atom stereocenters. The van der Waals surface area contributed by atoms with Gasteiger partial charge in [-0.2, -0.15) is 0 Å². The average molecular weight is 505 g/mol. The third-order valence-electron chi connectivity index (χ3n) is 3.25. The molecule has 0 aliphatic heterocycles. The standard InChI is InChI=1S/C16H25F2N3O3S.HI/c1-4-19-16(20-7-8-24-9-10-25(3,22)23)21-12(2)13-5-6-14(17)15(18)11-13;/h5-6,11-12H,4,7-10H2,1-3H3,(H2,19,20,21);1H. The number of ether oxygens (including phenoxy) is 1. The Morgan fingerprint density at radius 3 is 2.54 bits per heavy atom. The van der Waals surface area contributed by atoms with E-state index < -0.39 is 21.5 Å². The zero-order valence-corrected chi connectivity index (χ0v) is 18.2. The van der Waals surface area contributed by atoms with Crippen molar-refractivity contribution < 1.29 is 21.9 Å². The molecule has 0 radical (unpaired) electrons. The van der Waals surface area contributed by atoms with Gasteiger partial charge in [0.1, 0.15) is 9.84 Å². The Hall–Kier alpha value is -1.01. The highest BCUT2D eigenvalue weighted by atomic mass is 127. The minimum Gasteiger partial charge on any atom is -0.378 e. The molecule has 0 spiro atoms. The predicted molar refractivity (Wildman–Crippen MR) is 110 cm³/mol. The number of nitrogens with zero attached hydrogens (tertiary/aromatic N) is 1. The Morgan fingerprint density at radius 2 is 1.96 bits per heavy atom. The fraction of sp³-hybridized carbons (Fsp3) is 0.562. The second-order valence-corrected chi connectivity index (χ2v) is 7.80. The Kier molecular flexibility index (Phi) is 11.9. The van der Waals surface area contributed by atoms with E-state index in [0.717, 1.165) is 18.4 Å². The first kappa shape index (κ1) is 25.0. The third kappa shape index (κ3) is 10.2. The first-order valence-corrected chi connectivity index (χ1v) is 10.0. The fourth-order valence-electron chi connectivity index (χ4n) is 1.92. The highest BCUT2D eigenvalue weighted by Gasteiger charge is 2.10. The number of hydrogen-bond acceptors (Lipinski definition) is 4. The van der Waals surface area contributed by atoms with Crippen LogP contribution in [0, 0.1) is 11.6 Å². The summed E-state index contributed by atoms with van der Waals surface area (Å²) in [5.41, 5.74) is 0.592. The Labute approximate surface area is 170 Å². The van der Waals surface area contributed by atoms with Gasteiger partial charge in [0.15, 0.2) is 17.6 Å². The molecule has 26 heavy (non-hydrogen) atoms. The monoisotopic (exact) mass is 505 g/mol. The lowest BCUT2D eigenvalue weighted by molar-refractivity contribution is 0.157. The van der Waals surface area contributed by atoms with Crippen molar-refractivity contribution in [3.63, 3.8) is 0 Å². The van der Waals surface area contributed by atoms with Gasteiger partial charge in [-0.25, -0.2) is 17.2 Å². The van der Waals surface area contributed by atoms with E-state index in [-0.39, 0.29) is 49.0 Å². The second kappa shape index (κ2) is 12.4. The molecule has 1 aromatic carbocycles. The lowest BCUT2D eigenvalue weighted by atomic mass is 10.1. The molecule has 1 rings (SSSR count). The van der Waals surface area contributed by atoms with Crippen LogP contribution in [0.25, 0.3) is 0 Å². The summed E-state index contributed by atoms with van der Waals surface area (Å²) in [4.78, 5) is 4.31. The summed E-state index contributed by atoms with van der Waals surface area (Å²) < 4.78 is 53.5. The van der Waals surface area contributed by atoms with Crippen LogP contribution in [0.5, 0.6) is 0 Å². The van der Waals surface area contributed by atoms with E-state index in [2.05, 4.69) is 15.6 Å². The van der Waals surface area contributed by atoms with Crippen molar-refractivity contribution >= 4 is 39.8 Å². The van der Waals surface area contributed by atoms with Crippen LogP contribution in [0.4, 0.5) is 8.78 Å². The molecule has 6 nitrogen and oxygen atoms in total. The van der Waals surface area contributed by atoms with Crippen molar-refractivity contribution in [2.75, 3.05) is 38.3 Å². The molecule has 0 aliphatic carbocycles. The highest BCUT2D eigenvalue weighted by molar-refractivity contribution is 14.0. The normalized spacial score (nSPS) is 13.0. The van der Waals surface area contributed by atoms with E-state index in [0.29, 0.717) is 24.6 Å². The van der Waals surface area contributed by atoms with Crippen molar-refractivity contribution in [3.05, 3.63) is 35.4 Å². The lowest BCUT2D eigenvalue weighted by Gasteiger charge is -2.18. The van der Waals surface area contributed by atoms with Crippen LogP contribution in [-0.4, -0.2) is 52.7 Å². The second-order valence-electron chi connectivity index (χ2n) is 5.54. The Balaban J connectivity index is 0.00000625. The van der Waals surface area contributed by atoms with Crippen LogP contribution < -0.4 is 10.6 Å². The van der Waals surface area contributed by atoms with Crippen LogP contribution in [0.3, 0.4) is 0 Å². The smallest absolute Gasteiger partial charge is 0.191 e. The van der Waals surface area contributed by atoms with Gasteiger partial charge in [-0.3, -0.25) is 4.99 Å². The number of hydrogen-bond donors (Lipinski definition) is 2. The molecule has 0 aliphatic rings. The summed E-state index contributed by atoms with van der Waals surface area (Å²) in [5, 5.41) is 6.14. The molecule has 0 aromatic heterocycles. The van der Waals surface area contributed by atoms with E-state index in [1.807, 2.05) is 13.8 Å². The third-order valence-corrected chi connectivity index (χ3v) is 4.15. The van der Waals surface area contributed by atoms with Gasteiger partial charge in [0.05, 0.1) is 31.6 Å². The fourth-order valence-corrected chi connectivity index (χ4v) is 2.35. The molecule has 0 amide bonds. The van der Waals surface area contributed by atoms with E-state index in [4.69, 9.17) is 4.74 Å². The molecule has 0 fully saturated rings. The van der Waals surface area contributed by atoms with E-state index in [1.54, 1.807) is 0 Å². The number of guanidine groups is 1. The number of sulfone groups is 1. The maximum atomic E-state index is 13.3. The molecule has 1 aromatic rings. The van der Waals surface area contributed by atoms with Gasteiger partial charge in [0, 0.05) is 12.8 Å². The molecule has 10 heteroatoms. The minimum absolute atomic E-state index is 0. The zero-order chi connectivity index (χ0) is 18.9. The molecular weight excluding hydrogens is 479 g/mol. The SMILES string of the molecule is CCNC(=NCCOCCS(C)(=O)=O)NC(C)c1ccc(F)c(F)c1.I. The molecule has 0 saturated carbocycles. The summed E-state index contributed by atoms with van der Waals surface area (Å²) in [6.07, 6.45) is 1.15. The van der Waals surface area contributed by atoms with Gasteiger partial charge < -0.3 is 15.4 Å². The summed E-state index contributed by atoms with van der Waals surface area (Å²) in [6, 6.07) is 3.46. The van der Waals surface area contributed by atoms with E-state index in [1.165, 1.54) is 6.07 Å². The van der Waals surface area contributed by atoms with E-state index in [9.17, 15) is 17.2 Å². The number of benzene rings is 1. The number of aliphatic imine (C=N–C) groups is 1. The van der Waals surface area contributed by atoms with Crippen LogP contribution in [0.1, 0.15) is 25.5 Å². The number of halogens is 3. The summed E-state index contributed by atoms with van der Waals surface area (Å²) in [6.45, 7) is 5.09. The summed E-state index contributed by atoms with van der Waals surface area (Å²) in [5.74, 6) is -1.30. The maximum absolute atomic E-state index is 13.3. The van der Waals surface area contributed by atoms with Crippen molar-refractivity contribution in [2.24, 2.45) is 4.99 Å². The largest absolute Gasteiger partial charge is 0.378 e. The van der Waals surface area contributed by atoms with Crippen molar-refractivity contribution in [1.82, 2.24) is 10.6 Å². The quantitative estimate of drug-likeness (QED) is 0.233. The maximum Gasteiger partial charge on any atom is 0.191 e. The van der Waals surface area contributed by atoms with E-state index >= 15 is 0 Å². The van der Waals surface area contributed by atoms with Crippen LogP contribution >= 0.6 is 24.0 Å². The van der Waals surface area contributed by atoms with Gasteiger partial charge >= 0.3 is 0 Å². The Morgan fingerprint density at radius 1 is 1.27 bits per heavy atom. The molecule has 1 atom stereocenters. The summed E-state index contributed by atoms with van der Waals surface area (Å²) in [7, 11) is -3.03. The van der Waals surface area contributed by atoms with Crippen molar-refractivity contribution in [3.8, 4) is 0 Å². The highest BCUT2D eigenvalue weighted by Crippen LogP contribution is 2.15. The van der Waals surface area contributed by atoms with Gasteiger partial charge in [-0.1, -0.05) is 6.07 Å². The molecule has 2 N–H and O–H groups in total. The average Bonchev–Trinajstić information content (AvgIpc) is 2.52. The molecule has 150 valence electrons. The minimum atomic E-state index is -3.03. The first-order chi connectivity index (χ1) is 11.7. The van der Waals surface area contributed by atoms with Crippen molar-refractivity contribution in [2.45, 2.75) is 19.9 Å².